The van der Waals surface area contributed by atoms with E-state index in [1.807, 2.05) is 18.2 Å². The summed E-state index contributed by atoms with van der Waals surface area (Å²) < 4.78 is 2.33. The third-order valence-corrected chi connectivity index (χ3v) is 16.8. The molecule has 0 atom stereocenters. The summed E-state index contributed by atoms with van der Waals surface area (Å²) in [4.78, 5) is 15.3. The zero-order valence-electron chi connectivity index (χ0n) is 33.9. The lowest BCUT2D eigenvalue weighted by molar-refractivity contribution is 1.07. The highest BCUT2D eigenvalue weighted by Crippen LogP contribution is 2.33. The first-order chi connectivity index (χ1) is 30.7. The van der Waals surface area contributed by atoms with Crippen molar-refractivity contribution in [3.63, 3.8) is 0 Å². The van der Waals surface area contributed by atoms with Crippen LogP contribution in [0.4, 0.5) is 0 Å². The zero-order chi connectivity index (χ0) is 41.3. The predicted molar refractivity (Wildman–Crippen MR) is 260 cm³/mol. The van der Waals surface area contributed by atoms with Gasteiger partial charge in [0.2, 0.25) is 0 Å². The minimum absolute atomic E-state index is 0.626. The molecular weight excluding hydrogens is 769 g/mol. The molecule has 0 saturated heterocycles. The molecule has 0 unspecified atom stereocenters. The molecule has 0 spiro atoms. The van der Waals surface area contributed by atoms with Crippen molar-refractivity contribution in [3.05, 3.63) is 243 Å². The largest absolute Gasteiger partial charge is 0.309 e. The van der Waals surface area contributed by atoms with Crippen LogP contribution in [0.1, 0.15) is 0 Å². The number of hydrogen-bond donors (Lipinski definition) is 0. The molecule has 2 aromatic heterocycles. The van der Waals surface area contributed by atoms with Crippen LogP contribution in [0.2, 0.25) is 0 Å². The summed E-state index contributed by atoms with van der Waals surface area (Å²) in [5.74, 6) is 1.89. The van der Waals surface area contributed by atoms with Crippen molar-refractivity contribution >= 4 is 50.6 Å². The minimum Gasteiger partial charge on any atom is -0.309 e. The Balaban J connectivity index is 0.986. The molecule has 0 radical (unpaired) electrons. The summed E-state index contributed by atoms with van der Waals surface area (Å²) >= 11 is 0. The second kappa shape index (κ2) is 15.9. The fraction of sp³-hybridized carbons (Fsp3) is 0. The number of para-hydroxylation sites is 2. The van der Waals surface area contributed by atoms with E-state index in [0.29, 0.717) is 17.5 Å². The second-order valence-electron chi connectivity index (χ2n) is 15.6. The summed E-state index contributed by atoms with van der Waals surface area (Å²) in [6, 6.07) is 86.8. The Morgan fingerprint density at radius 2 is 0.645 bits per heavy atom. The summed E-state index contributed by atoms with van der Waals surface area (Å²) in [7, 11) is -2.64. The van der Waals surface area contributed by atoms with Gasteiger partial charge in [0.25, 0.3) is 0 Å². The van der Waals surface area contributed by atoms with E-state index in [1.165, 1.54) is 42.6 Å². The molecule has 2 heterocycles. The van der Waals surface area contributed by atoms with Crippen LogP contribution in [-0.2, 0) is 0 Å². The molecule has 0 N–H and O–H groups in total. The maximum Gasteiger partial charge on any atom is 0.179 e. The molecule has 4 nitrogen and oxygen atoms in total. The number of benzene rings is 9. The molecule has 292 valence electrons. The lowest BCUT2D eigenvalue weighted by atomic mass is 10.0. The van der Waals surface area contributed by atoms with Crippen molar-refractivity contribution in [3.8, 4) is 51.0 Å². The second-order valence-corrected chi connectivity index (χ2v) is 19.4. The SMILES string of the molecule is c1ccc(-c2nc(-c3ccc(-n4c5ccccc5c5ccccc54)cc3)nc(-c3cccc(-c4ccc([Si](c5ccccc5)(c5ccccc5)c5ccccc5)cc4)c3)n2)cc1. The third-order valence-electron chi connectivity index (χ3n) is 12.0. The first-order valence-corrected chi connectivity index (χ1v) is 23.0. The number of aromatic nitrogens is 4. The van der Waals surface area contributed by atoms with Crippen LogP contribution in [0, 0.1) is 0 Å². The Morgan fingerprint density at radius 3 is 1.16 bits per heavy atom. The minimum atomic E-state index is -2.64. The van der Waals surface area contributed by atoms with Crippen LogP contribution in [-0.4, -0.2) is 27.6 Å². The smallest absolute Gasteiger partial charge is 0.179 e. The zero-order valence-corrected chi connectivity index (χ0v) is 34.9. The topological polar surface area (TPSA) is 43.6 Å². The maximum atomic E-state index is 5.15. The Bertz CT molecular complexity index is 3160. The van der Waals surface area contributed by atoms with Gasteiger partial charge in [0, 0.05) is 33.2 Å². The first-order valence-electron chi connectivity index (χ1n) is 21.0. The van der Waals surface area contributed by atoms with Crippen LogP contribution < -0.4 is 20.7 Å². The molecular formula is C57H40N4Si. The highest BCUT2D eigenvalue weighted by Gasteiger charge is 2.41. The molecule has 0 amide bonds. The van der Waals surface area contributed by atoms with Crippen LogP contribution in [0.5, 0.6) is 0 Å². The van der Waals surface area contributed by atoms with Gasteiger partial charge in [0.1, 0.15) is 0 Å². The number of rotatable bonds is 9. The molecule has 0 aliphatic carbocycles. The monoisotopic (exact) mass is 808 g/mol. The van der Waals surface area contributed by atoms with Gasteiger partial charge in [0.15, 0.2) is 25.5 Å². The number of fused-ring (bicyclic) bond motifs is 3. The number of nitrogens with zero attached hydrogens (tertiary/aromatic N) is 4. The third kappa shape index (κ3) is 6.52. The maximum absolute atomic E-state index is 5.15. The van der Waals surface area contributed by atoms with Crippen molar-refractivity contribution in [2.75, 3.05) is 0 Å². The van der Waals surface area contributed by atoms with E-state index in [2.05, 4.69) is 229 Å². The fourth-order valence-electron chi connectivity index (χ4n) is 9.13. The normalized spacial score (nSPS) is 11.5. The highest BCUT2D eigenvalue weighted by molar-refractivity contribution is 7.19. The molecule has 0 aliphatic rings. The van der Waals surface area contributed by atoms with Gasteiger partial charge >= 0.3 is 0 Å². The summed E-state index contributed by atoms with van der Waals surface area (Å²) in [5, 5.41) is 7.87. The van der Waals surface area contributed by atoms with Gasteiger partial charge in [-0.05, 0) is 74.3 Å². The Hall–Kier alpha value is -7.99. The molecule has 0 fully saturated rings. The van der Waals surface area contributed by atoms with E-state index in [4.69, 9.17) is 15.0 Å². The summed E-state index contributed by atoms with van der Waals surface area (Å²) in [5.41, 5.74) is 8.45. The quantitative estimate of drug-likeness (QED) is 0.108. The average molecular weight is 809 g/mol. The van der Waals surface area contributed by atoms with Crippen LogP contribution >= 0.6 is 0 Å². The van der Waals surface area contributed by atoms with Crippen molar-refractivity contribution in [1.82, 2.24) is 19.5 Å². The number of hydrogen-bond acceptors (Lipinski definition) is 3. The fourth-order valence-corrected chi connectivity index (χ4v) is 13.9. The lowest BCUT2D eigenvalue weighted by Gasteiger charge is -2.34. The molecule has 11 rings (SSSR count). The molecule has 0 bridgehead atoms. The molecule has 9 aromatic carbocycles. The van der Waals surface area contributed by atoms with Crippen LogP contribution in [0.3, 0.4) is 0 Å². The van der Waals surface area contributed by atoms with Gasteiger partial charge in [-0.1, -0.05) is 200 Å². The van der Waals surface area contributed by atoms with Crippen molar-refractivity contribution in [1.29, 1.82) is 0 Å². The van der Waals surface area contributed by atoms with E-state index < -0.39 is 8.07 Å². The van der Waals surface area contributed by atoms with Gasteiger partial charge in [-0.15, -0.1) is 0 Å². The summed E-state index contributed by atoms with van der Waals surface area (Å²) in [6.07, 6.45) is 0. The van der Waals surface area contributed by atoms with Crippen molar-refractivity contribution in [2.24, 2.45) is 0 Å². The molecule has 11 aromatic rings. The van der Waals surface area contributed by atoms with E-state index in [1.54, 1.807) is 0 Å². The Kier molecular flexibility index (Phi) is 9.49. The van der Waals surface area contributed by atoms with E-state index in [9.17, 15) is 0 Å². The first kappa shape index (κ1) is 37.0. The van der Waals surface area contributed by atoms with Crippen molar-refractivity contribution in [2.45, 2.75) is 0 Å². The highest BCUT2D eigenvalue weighted by atomic mass is 28.3. The van der Waals surface area contributed by atoms with E-state index >= 15 is 0 Å². The van der Waals surface area contributed by atoms with Gasteiger partial charge < -0.3 is 4.57 Å². The lowest BCUT2D eigenvalue weighted by Crippen LogP contribution is -2.74. The van der Waals surface area contributed by atoms with Crippen LogP contribution in [0.25, 0.3) is 72.8 Å². The Morgan fingerprint density at radius 1 is 0.274 bits per heavy atom. The molecule has 62 heavy (non-hydrogen) atoms. The van der Waals surface area contributed by atoms with E-state index in [-0.39, 0.29) is 0 Å². The standard InChI is InChI=1S/C57H40N4Si/c1-5-18-42(19-6-1)55-58-56(43-32-36-46(37-33-43)61-53-30-15-13-28-51(53)52-29-14-16-31-54(52)61)60-57(59-55)45-21-17-20-44(40-45)41-34-38-50(39-35-41)62(47-22-7-2-8-23-47,48-24-9-3-10-25-48)49-26-11-4-12-27-49/h1-40H. The average Bonchev–Trinajstić information content (AvgIpc) is 3.70. The Labute approximate surface area is 362 Å². The molecule has 0 saturated carbocycles. The predicted octanol–water partition coefficient (Wildman–Crippen LogP) is 11.0. The van der Waals surface area contributed by atoms with E-state index in [0.717, 1.165) is 33.5 Å². The van der Waals surface area contributed by atoms with Gasteiger partial charge in [0.05, 0.1) is 11.0 Å². The van der Waals surface area contributed by atoms with Gasteiger partial charge in [-0.2, -0.15) is 0 Å². The van der Waals surface area contributed by atoms with Gasteiger partial charge in [-0.25, -0.2) is 15.0 Å². The van der Waals surface area contributed by atoms with Crippen molar-refractivity contribution < 1.29 is 0 Å². The summed E-state index contributed by atoms with van der Waals surface area (Å²) in [6.45, 7) is 0. The molecule has 0 aliphatic heterocycles. The van der Waals surface area contributed by atoms with Crippen LogP contribution in [0.15, 0.2) is 243 Å². The van der Waals surface area contributed by atoms with Gasteiger partial charge in [-0.3, -0.25) is 0 Å². The molecule has 5 heteroatoms.